The van der Waals surface area contributed by atoms with Gasteiger partial charge in [-0.15, -0.1) is 0 Å². The second-order valence-corrected chi connectivity index (χ2v) is 15.0. The van der Waals surface area contributed by atoms with Gasteiger partial charge in [0.25, 0.3) is 10.1 Å². The molecule has 0 saturated heterocycles. The van der Waals surface area contributed by atoms with E-state index in [1.807, 2.05) is 12.1 Å². The van der Waals surface area contributed by atoms with Crippen LogP contribution in [0.5, 0.6) is 0 Å². The summed E-state index contributed by atoms with van der Waals surface area (Å²) in [5.74, 6) is 0. The average molecular weight is 629 g/mol. The van der Waals surface area contributed by atoms with E-state index >= 15 is 0 Å². The number of hydrogen-bond donors (Lipinski definition) is 1. The first-order valence-electron chi connectivity index (χ1n) is 19.0. The van der Waals surface area contributed by atoms with Crippen molar-refractivity contribution in [2.75, 3.05) is 0 Å². The lowest BCUT2D eigenvalue weighted by Crippen LogP contribution is -2.01. The third kappa shape index (κ3) is 17.3. The van der Waals surface area contributed by atoms with Gasteiger partial charge < -0.3 is 0 Å². The molecule has 4 heteroatoms. The predicted octanol–water partition coefficient (Wildman–Crippen LogP) is 13.4. The molecule has 0 aliphatic heterocycles. The minimum atomic E-state index is -4.26. The minimum absolute atomic E-state index is 0.0498. The first kappa shape index (κ1) is 38.8. The molecule has 0 amide bonds. The second kappa shape index (κ2) is 24.8. The molecular weight excluding hydrogens is 561 g/mol. The summed E-state index contributed by atoms with van der Waals surface area (Å²) in [6.45, 7) is 4.56. The number of hydrogen-bond acceptors (Lipinski definition) is 2. The highest BCUT2D eigenvalue weighted by Gasteiger charge is 2.16. The molecule has 0 heterocycles. The summed E-state index contributed by atoms with van der Waals surface area (Å²) in [7, 11) is -4.26. The van der Waals surface area contributed by atoms with Crippen molar-refractivity contribution in [3.05, 3.63) is 41.5 Å². The summed E-state index contributed by atoms with van der Waals surface area (Å²) >= 11 is 0. The molecular formula is C40H68O3S. The van der Waals surface area contributed by atoms with Crippen LogP contribution in [0.15, 0.2) is 35.2 Å². The normalized spacial score (nSPS) is 12.0. The number of benzene rings is 2. The molecule has 252 valence electrons. The molecule has 0 fully saturated rings. The molecule has 0 bridgehead atoms. The van der Waals surface area contributed by atoms with E-state index < -0.39 is 10.1 Å². The van der Waals surface area contributed by atoms with E-state index in [1.54, 1.807) is 12.1 Å². The Morgan fingerprint density at radius 1 is 0.477 bits per heavy atom. The highest BCUT2D eigenvalue weighted by molar-refractivity contribution is 7.86. The van der Waals surface area contributed by atoms with Gasteiger partial charge in [0, 0.05) is 5.39 Å². The smallest absolute Gasteiger partial charge is 0.282 e. The lowest BCUT2D eigenvalue weighted by molar-refractivity contribution is 0.484. The van der Waals surface area contributed by atoms with E-state index in [9.17, 15) is 13.0 Å². The molecule has 0 unspecified atom stereocenters. The van der Waals surface area contributed by atoms with Gasteiger partial charge in [0.05, 0.1) is 0 Å². The lowest BCUT2D eigenvalue weighted by Gasteiger charge is -2.13. The van der Waals surface area contributed by atoms with Crippen molar-refractivity contribution >= 4 is 20.9 Å². The molecule has 0 spiro atoms. The van der Waals surface area contributed by atoms with Crippen LogP contribution in [-0.2, 0) is 23.0 Å². The fourth-order valence-electron chi connectivity index (χ4n) is 6.76. The van der Waals surface area contributed by atoms with Crippen molar-refractivity contribution in [1.82, 2.24) is 0 Å². The van der Waals surface area contributed by atoms with Crippen molar-refractivity contribution < 1.29 is 13.0 Å². The fourth-order valence-corrected chi connectivity index (χ4v) is 7.46. The van der Waals surface area contributed by atoms with E-state index in [0.29, 0.717) is 5.39 Å². The largest absolute Gasteiger partial charge is 0.295 e. The van der Waals surface area contributed by atoms with Crippen LogP contribution in [0.3, 0.4) is 0 Å². The molecule has 0 aliphatic carbocycles. The zero-order valence-corrected chi connectivity index (χ0v) is 29.7. The fraction of sp³-hybridized carbons (Fsp3) is 0.750. The van der Waals surface area contributed by atoms with Crippen molar-refractivity contribution in [3.63, 3.8) is 0 Å². The van der Waals surface area contributed by atoms with E-state index in [1.165, 1.54) is 165 Å². The summed E-state index contributed by atoms with van der Waals surface area (Å²) in [4.78, 5) is 0.0498. The molecule has 0 aromatic heterocycles. The standard InChI is InChI=1S/C40H68O3S/c1-3-5-7-9-11-13-15-17-19-21-23-25-27-30-36-34-37(38-32-29-33-40(39(38)35-36)44(41,42)43)31-28-26-24-22-20-18-16-14-12-10-8-6-4-2/h29,32-35H,3-28,30-31H2,1-2H3,(H,41,42,43). The maximum absolute atomic E-state index is 12.2. The Balaban J connectivity index is 1.74. The number of unbranched alkanes of at least 4 members (excludes halogenated alkanes) is 24. The van der Waals surface area contributed by atoms with Crippen molar-refractivity contribution in [1.29, 1.82) is 0 Å². The Morgan fingerprint density at radius 3 is 1.27 bits per heavy atom. The van der Waals surface area contributed by atoms with Crippen molar-refractivity contribution in [2.24, 2.45) is 0 Å². The Kier molecular flexibility index (Phi) is 21.9. The minimum Gasteiger partial charge on any atom is -0.282 e. The Bertz CT molecular complexity index is 1090. The van der Waals surface area contributed by atoms with Crippen LogP contribution in [-0.4, -0.2) is 13.0 Å². The summed E-state index contributed by atoms with van der Waals surface area (Å²) in [5.41, 5.74) is 2.45. The Hall–Kier alpha value is -1.39. The van der Waals surface area contributed by atoms with Crippen LogP contribution in [0.25, 0.3) is 10.8 Å². The molecule has 44 heavy (non-hydrogen) atoms. The summed E-state index contributed by atoms with van der Waals surface area (Å²) in [6, 6.07) is 9.67. The lowest BCUT2D eigenvalue weighted by atomic mass is 9.94. The number of fused-ring (bicyclic) bond motifs is 1. The third-order valence-corrected chi connectivity index (χ3v) is 10.4. The summed E-state index contributed by atoms with van der Waals surface area (Å²) in [5, 5.41) is 1.67. The van der Waals surface area contributed by atoms with Gasteiger partial charge in [-0.2, -0.15) is 8.42 Å². The van der Waals surface area contributed by atoms with Crippen LogP contribution in [0.2, 0.25) is 0 Å². The third-order valence-electron chi connectivity index (χ3n) is 9.50. The van der Waals surface area contributed by atoms with Gasteiger partial charge in [-0.1, -0.05) is 186 Å². The molecule has 3 nitrogen and oxygen atoms in total. The summed E-state index contributed by atoms with van der Waals surface area (Å²) in [6.07, 6.45) is 36.8. The van der Waals surface area contributed by atoms with Crippen LogP contribution in [0.1, 0.15) is 192 Å². The molecule has 0 radical (unpaired) electrons. The highest BCUT2D eigenvalue weighted by atomic mass is 32.2. The molecule has 0 saturated carbocycles. The van der Waals surface area contributed by atoms with Gasteiger partial charge in [-0.3, -0.25) is 4.55 Å². The highest BCUT2D eigenvalue weighted by Crippen LogP contribution is 2.29. The van der Waals surface area contributed by atoms with E-state index in [2.05, 4.69) is 19.9 Å². The Morgan fingerprint density at radius 2 is 0.864 bits per heavy atom. The van der Waals surface area contributed by atoms with Crippen LogP contribution < -0.4 is 0 Å². The molecule has 2 rings (SSSR count). The van der Waals surface area contributed by atoms with Crippen molar-refractivity contribution in [3.8, 4) is 0 Å². The van der Waals surface area contributed by atoms with Gasteiger partial charge in [0.1, 0.15) is 4.90 Å². The number of aryl methyl sites for hydroxylation is 2. The first-order chi connectivity index (χ1) is 21.5. The van der Waals surface area contributed by atoms with Crippen molar-refractivity contribution in [2.45, 2.75) is 199 Å². The quantitative estimate of drug-likeness (QED) is 0.0720. The van der Waals surface area contributed by atoms with Gasteiger partial charge in [0.2, 0.25) is 0 Å². The van der Waals surface area contributed by atoms with Gasteiger partial charge in [0.15, 0.2) is 0 Å². The maximum Gasteiger partial charge on any atom is 0.295 e. The van der Waals surface area contributed by atoms with Crippen LogP contribution >= 0.6 is 0 Å². The molecule has 0 aliphatic rings. The van der Waals surface area contributed by atoms with Crippen LogP contribution in [0, 0.1) is 0 Å². The number of rotatable bonds is 29. The molecule has 1 N–H and O–H groups in total. The molecule has 2 aromatic rings. The predicted molar refractivity (Wildman–Crippen MR) is 193 cm³/mol. The Labute approximate surface area is 273 Å². The maximum atomic E-state index is 12.2. The van der Waals surface area contributed by atoms with E-state index in [0.717, 1.165) is 31.1 Å². The van der Waals surface area contributed by atoms with E-state index in [4.69, 9.17) is 0 Å². The monoisotopic (exact) mass is 628 g/mol. The second-order valence-electron chi connectivity index (χ2n) is 13.6. The zero-order valence-electron chi connectivity index (χ0n) is 28.9. The topological polar surface area (TPSA) is 54.4 Å². The molecule has 2 aromatic carbocycles. The van der Waals surface area contributed by atoms with Gasteiger partial charge in [-0.25, -0.2) is 0 Å². The SMILES string of the molecule is CCCCCCCCCCCCCCCc1cc(CCCCCCCCCCCCCCC)c2cccc(S(=O)(=O)O)c2c1. The zero-order chi connectivity index (χ0) is 31.7. The first-order valence-corrected chi connectivity index (χ1v) is 20.4. The average Bonchev–Trinajstić information content (AvgIpc) is 3.01. The van der Waals surface area contributed by atoms with Gasteiger partial charge >= 0.3 is 0 Å². The van der Waals surface area contributed by atoms with Gasteiger partial charge in [-0.05, 0) is 54.3 Å². The van der Waals surface area contributed by atoms with E-state index in [-0.39, 0.29) is 4.90 Å². The summed E-state index contributed by atoms with van der Waals surface area (Å²) < 4.78 is 34.3. The molecule has 0 atom stereocenters. The van der Waals surface area contributed by atoms with Crippen LogP contribution in [0.4, 0.5) is 0 Å².